The number of rotatable bonds is 4. The molecule has 11 heteroatoms. The maximum Gasteiger partial charge on any atom is 0.534 e. The SMILES string of the molecule is CCOc1cc2n(c(=O)n1)CCc1cc(OS(=O)(=O)C(F)(F)F)ccc1-2. The van der Waals surface area contributed by atoms with Crippen LogP contribution in [0.1, 0.15) is 12.5 Å². The maximum absolute atomic E-state index is 12.4. The molecule has 0 fully saturated rings. The van der Waals surface area contributed by atoms with E-state index in [0.717, 1.165) is 6.07 Å². The molecule has 0 saturated carbocycles. The third kappa shape index (κ3) is 3.26. The van der Waals surface area contributed by atoms with E-state index in [2.05, 4.69) is 9.17 Å². The van der Waals surface area contributed by atoms with Crippen LogP contribution < -0.4 is 14.6 Å². The fourth-order valence-electron chi connectivity index (χ4n) is 2.63. The van der Waals surface area contributed by atoms with Crippen LogP contribution in [0.2, 0.25) is 0 Å². The molecule has 1 aromatic carbocycles. The molecule has 140 valence electrons. The van der Waals surface area contributed by atoms with Crippen LogP contribution >= 0.6 is 0 Å². The molecule has 1 aliphatic heterocycles. The number of halogens is 3. The van der Waals surface area contributed by atoms with Gasteiger partial charge < -0.3 is 8.92 Å². The highest BCUT2D eigenvalue weighted by atomic mass is 32.2. The van der Waals surface area contributed by atoms with Crippen LogP contribution in [0.3, 0.4) is 0 Å². The zero-order valence-corrected chi connectivity index (χ0v) is 14.2. The normalized spacial score (nSPS) is 13.7. The van der Waals surface area contributed by atoms with Crippen molar-refractivity contribution in [3.63, 3.8) is 0 Å². The lowest BCUT2D eigenvalue weighted by atomic mass is 9.97. The first kappa shape index (κ1) is 18.2. The van der Waals surface area contributed by atoms with Crippen LogP contribution in [0.4, 0.5) is 13.2 Å². The summed E-state index contributed by atoms with van der Waals surface area (Å²) in [6.45, 7) is 2.29. The molecular formula is C15H13F3N2O5S. The van der Waals surface area contributed by atoms with Crippen molar-refractivity contribution < 1.29 is 30.5 Å². The summed E-state index contributed by atoms with van der Waals surface area (Å²) in [5.74, 6) is -0.312. The van der Waals surface area contributed by atoms with Gasteiger partial charge in [0.2, 0.25) is 5.88 Å². The van der Waals surface area contributed by atoms with E-state index >= 15 is 0 Å². The Morgan fingerprint density at radius 1 is 1.27 bits per heavy atom. The van der Waals surface area contributed by atoms with Gasteiger partial charge in [-0.25, -0.2) is 4.79 Å². The van der Waals surface area contributed by atoms with E-state index in [1.54, 1.807) is 13.0 Å². The number of hydrogen-bond acceptors (Lipinski definition) is 6. The van der Waals surface area contributed by atoms with Crippen LogP contribution in [0.25, 0.3) is 11.3 Å². The Labute approximate surface area is 146 Å². The van der Waals surface area contributed by atoms with Gasteiger partial charge in [-0.3, -0.25) is 4.57 Å². The first-order chi connectivity index (χ1) is 12.1. The molecule has 1 aliphatic rings. The summed E-state index contributed by atoms with van der Waals surface area (Å²) >= 11 is 0. The van der Waals surface area contributed by atoms with Crippen molar-refractivity contribution >= 4 is 10.1 Å². The Morgan fingerprint density at radius 3 is 2.65 bits per heavy atom. The van der Waals surface area contributed by atoms with E-state index in [4.69, 9.17) is 4.74 Å². The minimum absolute atomic E-state index is 0.136. The van der Waals surface area contributed by atoms with Crippen LogP contribution in [0.15, 0.2) is 29.1 Å². The summed E-state index contributed by atoms with van der Waals surface area (Å²) in [6.07, 6.45) is 0.307. The maximum atomic E-state index is 12.4. The molecule has 7 nitrogen and oxygen atoms in total. The molecule has 0 bridgehead atoms. The van der Waals surface area contributed by atoms with Gasteiger partial charge in [-0.1, -0.05) is 0 Å². The average molecular weight is 390 g/mol. The number of ether oxygens (including phenoxy) is 1. The predicted octanol–water partition coefficient (Wildman–Crippen LogP) is 2.09. The lowest BCUT2D eigenvalue weighted by Gasteiger charge is -2.22. The summed E-state index contributed by atoms with van der Waals surface area (Å²) in [6, 6.07) is 5.27. The van der Waals surface area contributed by atoms with Crippen molar-refractivity contribution in [3.8, 4) is 22.9 Å². The average Bonchev–Trinajstić information content (AvgIpc) is 2.53. The van der Waals surface area contributed by atoms with Gasteiger partial charge in [0, 0.05) is 18.2 Å². The molecule has 3 rings (SSSR count). The molecule has 0 N–H and O–H groups in total. The molecule has 0 unspecified atom stereocenters. The van der Waals surface area contributed by atoms with Gasteiger partial charge >= 0.3 is 21.3 Å². The largest absolute Gasteiger partial charge is 0.534 e. The lowest BCUT2D eigenvalue weighted by molar-refractivity contribution is -0.0500. The summed E-state index contributed by atoms with van der Waals surface area (Å²) in [4.78, 5) is 15.9. The zero-order valence-electron chi connectivity index (χ0n) is 13.4. The topological polar surface area (TPSA) is 87.5 Å². The van der Waals surface area contributed by atoms with E-state index in [1.807, 2.05) is 0 Å². The molecular weight excluding hydrogens is 377 g/mol. The van der Waals surface area contributed by atoms with E-state index < -0.39 is 27.1 Å². The second-order valence-electron chi connectivity index (χ2n) is 5.40. The minimum atomic E-state index is -5.74. The molecule has 1 aromatic heterocycles. The van der Waals surface area contributed by atoms with Gasteiger partial charge in [-0.2, -0.15) is 26.6 Å². The third-order valence-electron chi connectivity index (χ3n) is 3.73. The number of fused-ring (bicyclic) bond motifs is 3. The third-order valence-corrected chi connectivity index (χ3v) is 4.71. The highest BCUT2D eigenvalue weighted by molar-refractivity contribution is 7.88. The molecule has 2 heterocycles. The lowest BCUT2D eigenvalue weighted by Crippen LogP contribution is -2.29. The summed E-state index contributed by atoms with van der Waals surface area (Å²) < 4.78 is 70.4. The molecule has 0 aliphatic carbocycles. The van der Waals surface area contributed by atoms with Gasteiger partial charge in [0.1, 0.15) is 5.75 Å². The first-order valence-electron chi connectivity index (χ1n) is 7.51. The van der Waals surface area contributed by atoms with Gasteiger partial charge in [0.05, 0.1) is 12.3 Å². The fourth-order valence-corrected chi connectivity index (χ4v) is 3.08. The summed E-state index contributed by atoms with van der Waals surface area (Å²) in [5, 5.41) is 0. The van der Waals surface area contributed by atoms with E-state index in [-0.39, 0.29) is 12.4 Å². The fraction of sp³-hybridized carbons (Fsp3) is 0.333. The number of hydrogen-bond donors (Lipinski definition) is 0. The number of benzene rings is 1. The Morgan fingerprint density at radius 2 is 2.00 bits per heavy atom. The second-order valence-corrected chi connectivity index (χ2v) is 6.94. The first-order valence-corrected chi connectivity index (χ1v) is 8.92. The Hall–Kier alpha value is -2.56. The quantitative estimate of drug-likeness (QED) is 0.587. The van der Waals surface area contributed by atoms with Crippen molar-refractivity contribution in [2.75, 3.05) is 6.61 Å². The van der Waals surface area contributed by atoms with Crippen LogP contribution in [-0.4, -0.2) is 30.1 Å². The summed E-state index contributed by atoms with van der Waals surface area (Å²) in [5.41, 5.74) is -4.42. The number of nitrogens with zero attached hydrogens (tertiary/aromatic N) is 2. The zero-order chi connectivity index (χ0) is 19.1. The van der Waals surface area contributed by atoms with Crippen molar-refractivity contribution in [1.29, 1.82) is 0 Å². The van der Waals surface area contributed by atoms with E-state index in [1.165, 1.54) is 16.7 Å². The van der Waals surface area contributed by atoms with E-state index in [9.17, 15) is 26.4 Å². The van der Waals surface area contributed by atoms with Gasteiger partial charge in [0.15, 0.2) is 0 Å². The highest BCUT2D eigenvalue weighted by Crippen LogP contribution is 2.34. The Kier molecular flexibility index (Phi) is 4.42. The number of alkyl halides is 3. The van der Waals surface area contributed by atoms with Crippen LogP contribution in [-0.2, 0) is 23.1 Å². The van der Waals surface area contributed by atoms with Gasteiger partial charge in [-0.15, -0.1) is 0 Å². The highest BCUT2D eigenvalue weighted by Gasteiger charge is 2.48. The van der Waals surface area contributed by atoms with Crippen molar-refractivity contribution in [1.82, 2.24) is 9.55 Å². The molecule has 0 radical (unpaired) electrons. The molecule has 0 amide bonds. The van der Waals surface area contributed by atoms with Crippen molar-refractivity contribution in [2.45, 2.75) is 25.4 Å². The van der Waals surface area contributed by atoms with Crippen molar-refractivity contribution in [3.05, 3.63) is 40.3 Å². The Bertz CT molecular complexity index is 1010. The Balaban J connectivity index is 2.02. The van der Waals surface area contributed by atoms with Crippen molar-refractivity contribution in [2.24, 2.45) is 0 Å². The monoisotopic (exact) mass is 390 g/mol. The molecule has 2 aromatic rings. The van der Waals surface area contributed by atoms with Gasteiger partial charge in [-0.05, 0) is 37.1 Å². The minimum Gasteiger partial charge on any atom is -0.478 e. The molecule has 0 saturated heterocycles. The predicted molar refractivity (Wildman–Crippen MR) is 84.4 cm³/mol. The molecule has 0 spiro atoms. The smallest absolute Gasteiger partial charge is 0.478 e. The standard InChI is InChI=1S/C15H13F3N2O5S/c1-2-24-13-8-12-11-4-3-10(25-26(22,23)15(16,17)18)7-9(11)5-6-20(12)14(21)19-13/h3-4,7-8H,2,5-6H2,1H3. The van der Waals surface area contributed by atoms with E-state index in [0.29, 0.717) is 29.8 Å². The summed E-state index contributed by atoms with van der Waals surface area (Å²) in [7, 11) is -5.74. The van der Waals surface area contributed by atoms with Gasteiger partial charge in [0.25, 0.3) is 0 Å². The number of aryl methyl sites for hydroxylation is 1. The molecule has 26 heavy (non-hydrogen) atoms. The van der Waals surface area contributed by atoms with Crippen LogP contribution in [0, 0.1) is 0 Å². The second kappa shape index (κ2) is 6.31. The molecule has 0 atom stereocenters. The van der Waals surface area contributed by atoms with Crippen LogP contribution in [0.5, 0.6) is 11.6 Å². The number of aromatic nitrogens is 2.